The minimum atomic E-state index is -0.379. The van der Waals surface area contributed by atoms with Crippen LogP contribution in [0.5, 0.6) is 0 Å². The van der Waals surface area contributed by atoms with E-state index in [1.165, 1.54) is 18.2 Å². The Morgan fingerprint density at radius 2 is 2.27 bits per heavy atom. The van der Waals surface area contributed by atoms with Crippen molar-refractivity contribution in [3.63, 3.8) is 0 Å². The van der Waals surface area contributed by atoms with Crippen LogP contribution in [0.25, 0.3) is 11.5 Å². The largest absolute Gasteiger partial charge is 0.398 e. The zero-order valence-electron chi connectivity index (χ0n) is 8.20. The lowest BCUT2D eigenvalue weighted by molar-refractivity contribution is 0.423. The number of nitrogens with zero attached hydrogens (tertiary/aromatic N) is 2. The molecule has 15 heavy (non-hydrogen) atoms. The van der Waals surface area contributed by atoms with Crippen molar-refractivity contribution < 1.29 is 8.91 Å². The summed E-state index contributed by atoms with van der Waals surface area (Å²) >= 11 is 0. The van der Waals surface area contributed by atoms with Crippen molar-refractivity contribution in [2.24, 2.45) is 0 Å². The number of rotatable bonds is 2. The normalized spacial score (nSPS) is 10.5. The smallest absolute Gasteiger partial charge is 0.260 e. The van der Waals surface area contributed by atoms with E-state index in [-0.39, 0.29) is 11.7 Å². The van der Waals surface area contributed by atoms with Crippen LogP contribution in [0.15, 0.2) is 22.7 Å². The number of hydrogen-bond donors (Lipinski definition) is 1. The van der Waals surface area contributed by atoms with Gasteiger partial charge in [0, 0.05) is 12.1 Å². The standard InChI is InChI=1S/C10H10FN3O/c1-2-9-13-10(15-14-9)7-5-6(11)3-4-8(7)12/h3-5H,2,12H2,1H3. The zero-order valence-corrected chi connectivity index (χ0v) is 8.20. The molecule has 0 spiro atoms. The van der Waals surface area contributed by atoms with E-state index in [2.05, 4.69) is 10.1 Å². The highest BCUT2D eigenvalue weighted by Crippen LogP contribution is 2.24. The summed E-state index contributed by atoms with van der Waals surface area (Å²) in [4.78, 5) is 4.08. The van der Waals surface area contributed by atoms with Crippen LogP contribution in [0.2, 0.25) is 0 Å². The Balaban J connectivity index is 2.48. The number of aromatic nitrogens is 2. The minimum Gasteiger partial charge on any atom is -0.398 e. The van der Waals surface area contributed by atoms with Crippen molar-refractivity contribution in [3.8, 4) is 11.5 Å². The molecule has 0 aliphatic carbocycles. The summed E-state index contributed by atoms with van der Waals surface area (Å²) in [6, 6.07) is 4.04. The predicted octanol–water partition coefficient (Wildman–Crippen LogP) is 2.02. The van der Waals surface area contributed by atoms with Gasteiger partial charge < -0.3 is 10.3 Å². The van der Waals surface area contributed by atoms with E-state index in [0.717, 1.165) is 0 Å². The van der Waals surface area contributed by atoms with E-state index in [1.54, 1.807) is 0 Å². The van der Waals surface area contributed by atoms with E-state index in [0.29, 0.717) is 23.5 Å². The second-order valence-corrected chi connectivity index (χ2v) is 3.10. The molecule has 1 heterocycles. The number of aryl methyl sites for hydroxylation is 1. The van der Waals surface area contributed by atoms with Gasteiger partial charge >= 0.3 is 0 Å². The van der Waals surface area contributed by atoms with Crippen LogP contribution in [-0.4, -0.2) is 10.1 Å². The Hall–Kier alpha value is -1.91. The van der Waals surface area contributed by atoms with Gasteiger partial charge in [-0.15, -0.1) is 0 Å². The van der Waals surface area contributed by atoms with Crippen LogP contribution in [0, 0.1) is 5.82 Å². The van der Waals surface area contributed by atoms with Crippen LogP contribution in [0.1, 0.15) is 12.7 Å². The number of hydrogen-bond acceptors (Lipinski definition) is 4. The fourth-order valence-electron chi connectivity index (χ4n) is 1.22. The fraction of sp³-hybridized carbons (Fsp3) is 0.200. The Kier molecular flexibility index (Phi) is 2.37. The van der Waals surface area contributed by atoms with E-state index in [4.69, 9.17) is 10.3 Å². The average molecular weight is 207 g/mol. The third-order valence-electron chi connectivity index (χ3n) is 2.03. The summed E-state index contributed by atoms with van der Waals surface area (Å²) in [5, 5.41) is 3.72. The first-order chi connectivity index (χ1) is 7.20. The zero-order chi connectivity index (χ0) is 10.8. The van der Waals surface area contributed by atoms with Gasteiger partial charge in [-0.2, -0.15) is 4.98 Å². The average Bonchev–Trinajstić information content (AvgIpc) is 2.70. The van der Waals surface area contributed by atoms with Crippen molar-refractivity contribution in [2.75, 3.05) is 5.73 Å². The molecule has 0 aliphatic heterocycles. The molecular weight excluding hydrogens is 197 g/mol. The van der Waals surface area contributed by atoms with Crippen molar-refractivity contribution in [2.45, 2.75) is 13.3 Å². The number of nitrogen functional groups attached to an aromatic ring is 1. The highest BCUT2D eigenvalue weighted by Gasteiger charge is 2.11. The van der Waals surface area contributed by atoms with Crippen LogP contribution < -0.4 is 5.73 Å². The first kappa shape index (κ1) is 9.64. The Morgan fingerprint density at radius 1 is 1.47 bits per heavy atom. The van der Waals surface area contributed by atoms with Crippen molar-refractivity contribution in [1.82, 2.24) is 10.1 Å². The second-order valence-electron chi connectivity index (χ2n) is 3.10. The molecule has 1 aromatic heterocycles. The van der Waals surface area contributed by atoms with E-state index < -0.39 is 0 Å². The molecule has 0 fully saturated rings. The van der Waals surface area contributed by atoms with Crippen LogP contribution in [0.4, 0.5) is 10.1 Å². The molecule has 5 heteroatoms. The minimum absolute atomic E-state index is 0.254. The molecule has 4 nitrogen and oxygen atoms in total. The lowest BCUT2D eigenvalue weighted by Gasteiger charge is -1.99. The van der Waals surface area contributed by atoms with Crippen molar-refractivity contribution in [3.05, 3.63) is 29.8 Å². The Morgan fingerprint density at radius 3 is 2.93 bits per heavy atom. The molecule has 78 valence electrons. The van der Waals surface area contributed by atoms with Gasteiger partial charge in [0.2, 0.25) is 0 Å². The molecule has 0 saturated heterocycles. The van der Waals surface area contributed by atoms with E-state index >= 15 is 0 Å². The number of halogens is 1. The first-order valence-electron chi connectivity index (χ1n) is 4.58. The van der Waals surface area contributed by atoms with E-state index in [9.17, 15) is 4.39 Å². The second kappa shape index (κ2) is 3.68. The van der Waals surface area contributed by atoms with Gasteiger partial charge in [-0.3, -0.25) is 0 Å². The molecule has 0 atom stereocenters. The van der Waals surface area contributed by atoms with E-state index in [1.807, 2.05) is 6.92 Å². The Labute approximate surface area is 85.9 Å². The maximum Gasteiger partial charge on any atom is 0.260 e. The van der Waals surface area contributed by atoms with Crippen LogP contribution in [0.3, 0.4) is 0 Å². The maximum absolute atomic E-state index is 13.0. The van der Waals surface area contributed by atoms with Gasteiger partial charge in [0.15, 0.2) is 5.82 Å². The summed E-state index contributed by atoms with van der Waals surface area (Å²) < 4.78 is 17.9. The highest BCUT2D eigenvalue weighted by atomic mass is 19.1. The molecule has 0 aliphatic rings. The summed E-state index contributed by atoms with van der Waals surface area (Å²) in [6.45, 7) is 1.91. The molecule has 2 aromatic rings. The van der Waals surface area contributed by atoms with Crippen molar-refractivity contribution in [1.29, 1.82) is 0 Å². The highest BCUT2D eigenvalue weighted by molar-refractivity contribution is 5.70. The van der Waals surface area contributed by atoms with Gasteiger partial charge in [0.1, 0.15) is 5.82 Å². The van der Waals surface area contributed by atoms with Crippen molar-refractivity contribution >= 4 is 5.69 Å². The molecule has 1 aromatic carbocycles. The summed E-state index contributed by atoms with van der Waals surface area (Å²) in [7, 11) is 0. The molecule has 0 unspecified atom stereocenters. The van der Waals surface area contributed by atoms with Gasteiger partial charge in [-0.05, 0) is 18.2 Å². The SMILES string of the molecule is CCc1noc(-c2cc(F)ccc2N)n1. The fourth-order valence-corrected chi connectivity index (χ4v) is 1.22. The number of benzene rings is 1. The van der Waals surface area contributed by atoms with Gasteiger partial charge in [-0.1, -0.05) is 12.1 Å². The Bertz CT molecular complexity index is 481. The quantitative estimate of drug-likeness (QED) is 0.765. The molecule has 0 radical (unpaired) electrons. The van der Waals surface area contributed by atoms with Gasteiger partial charge in [0.25, 0.3) is 5.89 Å². The van der Waals surface area contributed by atoms with Crippen LogP contribution >= 0.6 is 0 Å². The molecule has 0 saturated carbocycles. The summed E-state index contributed by atoms with van der Waals surface area (Å²) in [5.74, 6) is 0.452. The number of anilines is 1. The number of nitrogens with two attached hydrogens (primary N) is 1. The third kappa shape index (κ3) is 1.81. The van der Waals surface area contributed by atoms with Gasteiger partial charge in [-0.25, -0.2) is 4.39 Å². The third-order valence-corrected chi connectivity index (χ3v) is 2.03. The first-order valence-corrected chi connectivity index (χ1v) is 4.58. The summed E-state index contributed by atoms with van der Waals surface area (Å²) in [6.07, 6.45) is 0.665. The lowest BCUT2D eigenvalue weighted by Crippen LogP contribution is -1.91. The molecule has 0 amide bonds. The molecule has 2 N–H and O–H groups in total. The van der Waals surface area contributed by atoms with Gasteiger partial charge in [0.05, 0.1) is 5.56 Å². The van der Waals surface area contributed by atoms with Crippen LogP contribution in [-0.2, 0) is 6.42 Å². The monoisotopic (exact) mass is 207 g/mol. The molecule has 0 bridgehead atoms. The molecule has 2 rings (SSSR count). The topological polar surface area (TPSA) is 64.9 Å². The molecular formula is C10H10FN3O. The predicted molar refractivity (Wildman–Crippen MR) is 53.5 cm³/mol. The summed E-state index contributed by atoms with van der Waals surface area (Å²) in [5.41, 5.74) is 6.53. The maximum atomic E-state index is 13.0. The lowest BCUT2D eigenvalue weighted by atomic mass is 10.2.